The van der Waals surface area contributed by atoms with Crippen molar-refractivity contribution >= 4 is 32.8 Å². The number of nitrogens with zero attached hydrogens (tertiary/aromatic N) is 1. The number of amides is 1. The van der Waals surface area contributed by atoms with Gasteiger partial charge in [0.15, 0.2) is 5.76 Å². The van der Waals surface area contributed by atoms with Gasteiger partial charge in [-0.15, -0.1) is 0 Å². The van der Waals surface area contributed by atoms with Gasteiger partial charge in [0.05, 0.1) is 0 Å². The average molecular weight is 336 g/mol. The molecular formula is C16H18BrNO2. The van der Waals surface area contributed by atoms with E-state index in [0.717, 1.165) is 28.3 Å². The first-order valence-electron chi connectivity index (χ1n) is 7.08. The molecule has 106 valence electrons. The summed E-state index contributed by atoms with van der Waals surface area (Å²) >= 11 is 3.49. The average Bonchev–Trinajstić information content (AvgIpc) is 2.84. The van der Waals surface area contributed by atoms with Crippen LogP contribution in [0.4, 0.5) is 0 Å². The van der Waals surface area contributed by atoms with Crippen molar-refractivity contribution in [2.45, 2.75) is 45.2 Å². The Labute approximate surface area is 127 Å². The van der Waals surface area contributed by atoms with Crippen LogP contribution < -0.4 is 0 Å². The van der Waals surface area contributed by atoms with Crippen LogP contribution in [0.1, 0.15) is 43.7 Å². The molecule has 4 heteroatoms. The third kappa shape index (κ3) is 2.26. The Balaban J connectivity index is 1.97. The smallest absolute Gasteiger partial charge is 0.290 e. The van der Waals surface area contributed by atoms with E-state index in [9.17, 15) is 4.79 Å². The second-order valence-electron chi connectivity index (χ2n) is 5.60. The van der Waals surface area contributed by atoms with E-state index in [1.807, 2.05) is 29.2 Å². The van der Waals surface area contributed by atoms with Crippen molar-refractivity contribution < 1.29 is 9.21 Å². The number of likely N-dealkylation sites (tertiary alicyclic amines) is 1. The highest BCUT2D eigenvalue weighted by atomic mass is 79.9. The first-order chi connectivity index (χ1) is 9.58. The van der Waals surface area contributed by atoms with Gasteiger partial charge in [-0.2, -0.15) is 0 Å². The van der Waals surface area contributed by atoms with Crippen LogP contribution in [0.3, 0.4) is 0 Å². The van der Waals surface area contributed by atoms with Crippen molar-refractivity contribution in [3.63, 3.8) is 0 Å². The first kappa shape index (κ1) is 13.7. The zero-order valence-electron chi connectivity index (χ0n) is 11.7. The van der Waals surface area contributed by atoms with E-state index >= 15 is 0 Å². The lowest BCUT2D eigenvalue weighted by Gasteiger charge is -2.38. The topological polar surface area (TPSA) is 33.5 Å². The molecule has 0 spiro atoms. The van der Waals surface area contributed by atoms with E-state index in [1.165, 1.54) is 6.42 Å². The molecule has 20 heavy (non-hydrogen) atoms. The van der Waals surface area contributed by atoms with Gasteiger partial charge in [-0.05, 0) is 51.3 Å². The third-order valence-corrected chi connectivity index (χ3v) is 4.84. The number of furan rings is 1. The molecule has 0 bridgehead atoms. The van der Waals surface area contributed by atoms with E-state index in [1.54, 1.807) is 0 Å². The molecule has 1 aliphatic rings. The molecule has 1 aliphatic heterocycles. The van der Waals surface area contributed by atoms with Gasteiger partial charge in [-0.1, -0.05) is 22.0 Å². The van der Waals surface area contributed by atoms with Gasteiger partial charge in [0, 0.05) is 21.9 Å². The van der Waals surface area contributed by atoms with E-state index in [2.05, 4.69) is 29.8 Å². The van der Waals surface area contributed by atoms with Crippen molar-refractivity contribution in [3.05, 3.63) is 34.5 Å². The summed E-state index contributed by atoms with van der Waals surface area (Å²) < 4.78 is 6.70. The van der Waals surface area contributed by atoms with Crippen LogP contribution in [0.2, 0.25) is 0 Å². The molecular weight excluding hydrogens is 318 g/mol. The van der Waals surface area contributed by atoms with Crippen LogP contribution in [0.25, 0.3) is 11.0 Å². The lowest BCUT2D eigenvalue weighted by Crippen LogP contribution is -2.47. The SMILES string of the molecule is CC1CCCC(C)N1C(=O)c1cc2c(Br)cccc2o1. The van der Waals surface area contributed by atoms with Crippen LogP contribution in [0.15, 0.2) is 33.2 Å². The molecule has 0 saturated carbocycles. The molecule has 1 aromatic heterocycles. The Hall–Kier alpha value is -1.29. The number of carbonyl (C=O) groups excluding carboxylic acids is 1. The Morgan fingerprint density at radius 3 is 2.65 bits per heavy atom. The van der Waals surface area contributed by atoms with Crippen LogP contribution in [0.5, 0.6) is 0 Å². The molecule has 1 aromatic carbocycles. The summed E-state index contributed by atoms with van der Waals surface area (Å²) in [5.41, 5.74) is 0.750. The number of hydrogen-bond donors (Lipinski definition) is 0. The summed E-state index contributed by atoms with van der Waals surface area (Å²) in [5.74, 6) is 0.445. The summed E-state index contributed by atoms with van der Waals surface area (Å²) in [6, 6.07) is 8.16. The lowest BCUT2D eigenvalue weighted by atomic mass is 9.97. The fourth-order valence-electron chi connectivity index (χ4n) is 3.08. The number of carbonyl (C=O) groups is 1. The molecule has 2 unspecified atom stereocenters. The van der Waals surface area contributed by atoms with Gasteiger partial charge in [0.25, 0.3) is 5.91 Å². The van der Waals surface area contributed by atoms with Crippen molar-refractivity contribution in [1.82, 2.24) is 4.90 Å². The molecule has 3 nitrogen and oxygen atoms in total. The molecule has 0 aliphatic carbocycles. The molecule has 2 heterocycles. The Bertz CT molecular complexity index is 639. The van der Waals surface area contributed by atoms with Crippen molar-refractivity contribution in [3.8, 4) is 0 Å². The number of halogens is 1. The van der Waals surface area contributed by atoms with Gasteiger partial charge in [-0.25, -0.2) is 0 Å². The van der Waals surface area contributed by atoms with Gasteiger partial charge >= 0.3 is 0 Å². The number of hydrogen-bond acceptors (Lipinski definition) is 2. The Kier molecular flexibility index (Phi) is 3.59. The van der Waals surface area contributed by atoms with Gasteiger partial charge in [0.1, 0.15) is 5.58 Å². The van der Waals surface area contributed by atoms with Gasteiger partial charge < -0.3 is 9.32 Å². The quantitative estimate of drug-likeness (QED) is 0.763. The summed E-state index contributed by atoms with van der Waals surface area (Å²) in [4.78, 5) is 14.7. The van der Waals surface area contributed by atoms with Crippen LogP contribution in [0, 0.1) is 0 Å². The lowest BCUT2D eigenvalue weighted by molar-refractivity contribution is 0.0481. The summed E-state index contributed by atoms with van der Waals surface area (Å²) in [5, 5.41) is 0.952. The Morgan fingerprint density at radius 1 is 1.30 bits per heavy atom. The maximum absolute atomic E-state index is 12.7. The highest BCUT2D eigenvalue weighted by Crippen LogP contribution is 2.30. The molecule has 3 rings (SSSR count). The molecule has 2 atom stereocenters. The van der Waals surface area contributed by atoms with Crippen LogP contribution >= 0.6 is 15.9 Å². The molecule has 2 aromatic rings. The predicted molar refractivity (Wildman–Crippen MR) is 82.9 cm³/mol. The minimum Gasteiger partial charge on any atom is -0.451 e. The first-order valence-corrected chi connectivity index (χ1v) is 7.88. The summed E-state index contributed by atoms with van der Waals surface area (Å²) in [6.45, 7) is 4.23. The fraction of sp³-hybridized carbons (Fsp3) is 0.438. The number of fused-ring (bicyclic) bond motifs is 1. The fourth-order valence-corrected chi connectivity index (χ4v) is 3.54. The van der Waals surface area contributed by atoms with E-state index in [4.69, 9.17) is 4.42 Å². The van der Waals surface area contributed by atoms with Gasteiger partial charge in [0.2, 0.25) is 0 Å². The van der Waals surface area contributed by atoms with Gasteiger partial charge in [-0.3, -0.25) is 4.79 Å². The monoisotopic (exact) mass is 335 g/mol. The minimum absolute atomic E-state index is 0.00722. The Morgan fingerprint density at radius 2 is 2.00 bits per heavy atom. The van der Waals surface area contributed by atoms with E-state index in [0.29, 0.717) is 5.76 Å². The second kappa shape index (κ2) is 5.24. The van der Waals surface area contributed by atoms with E-state index in [-0.39, 0.29) is 18.0 Å². The van der Waals surface area contributed by atoms with Crippen molar-refractivity contribution in [2.75, 3.05) is 0 Å². The second-order valence-corrected chi connectivity index (χ2v) is 6.46. The number of benzene rings is 1. The maximum atomic E-state index is 12.7. The molecule has 0 N–H and O–H groups in total. The summed E-state index contributed by atoms with van der Waals surface area (Å²) in [7, 11) is 0. The van der Waals surface area contributed by atoms with Crippen LogP contribution in [-0.4, -0.2) is 22.9 Å². The number of rotatable bonds is 1. The minimum atomic E-state index is 0.00722. The zero-order valence-corrected chi connectivity index (χ0v) is 13.3. The zero-order chi connectivity index (χ0) is 14.3. The highest BCUT2D eigenvalue weighted by Gasteiger charge is 2.31. The highest BCUT2D eigenvalue weighted by molar-refractivity contribution is 9.10. The molecule has 1 amide bonds. The maximum Gasteiger partial charge on any atom is 0.290 e. The molecule has 1 saturated heterocycles. The largest absolute Gasteiger partial charge is 0.451 e. The van der Waals surface area contributed by atoms with Crippen LogP contribution in [-0.2, 0) is 0 Å². The van der Waals surface area contributed by atoms with Crippen molar-refractivity contribution in [1.29, 1.82) is 0 Å². The van der Waals surface area contributed by atoms with E-state index < -0.39 is 0 Å². The molecule has 0 radical (unpaired) electrons. The molecule has 1 fully saturated rings. The third-order valence-electron chi connectivity index (χ3n) is 4.15. The van der Waals surface area contributed by atoms with Crippen molar-refractivity contribution in [2.24, 2.45) is 0 Å². The standard InChI is InChI=1S/C16H18BrNO2/c1-10-5-3-6-11(2)18(10)16(19)15-9-12-13(17)7-4-8-14(12)20-15/h4,7-11H,3,5-6H2,1-2H3. The predicted octanol–water partition coefficient (Wildman–Crippen LogP) is 4.60. The number of piperidine rings is 1. The normalized spacial score (nSPS) is 23.2. The summed E-state index contributed by atoms with van der Waals surface area (Å²) in [6.07, 6.45) is 3.33.